The number of hydrogen-bond donors (Lipinski definition) is 0. The Balaban J connectivity index is 5.56. The molecular formula is C13H20F6IO2Tl. The molecule has 0 aromatic heterocycles. The summed E-state index contributed by atoms with van der Waals surface area (Å²) in [5.41, 5.74) is 0. The van der Waals surface area contributed by atoms with Gasteiger partial charge in [-0.3, -0.25) is 0 Å². The number of hydrogen-bond acceptors (Lipinski definition) is 2. The third-order valence-corrected chi connectivity index (χ3v) is 15.4. The first-order valence-electron chi connectivity index (χ1n) is 6.64. The third-order valence-electron chi connectivity index (χ3n) is 3.43. The zero-order chi connectivity index (χ0) is 18.8. The van der Waals surface area contributed by atoms with Gasteiger partial charge in [-0.1, -0.05) is 0 Å². The molecule has 0 aliphatic rings. The molecule has 0 heterocycles. The van der Waals surface area contributed by atoms with Crippen LogP contribution < -0.4 is 0 Å². The second-order valence-electron chi connectivity index (χ2n) is 5.94. The molecule has 0 fully saturated rings. The number of rotatable bonds is 6. The first-order valence-corrected chi connectivity index (χ1v) is 14.6. The number of halogens is 7. The first-order chi connectivity index (χ1) is 10.0. The fourth-order valence-electron chi connectivity index (χ4n) is 1.86. The Labute approximate surface area is 155 Å². The van der Waals surface area contributed by atoms with E-state index in [1.165, 1.54) is 6.92 Å². The van der Waals surface area contributed by atoms with Gasteiger partial charge in [0.15, 0.2) is 0 Å². The van der Waals surface area contributed by atoms with E-state index in [1.807, 2.05) is 13.8 Å². The molecule has 0 aromatic rings. The molecule has 0 bridgehead atoms. The van der Waals surface area contributed by atoms with Crippen LogP contribution in [0.1, 0.15) is 27.2 Å². The Hall–Kier alpha value is 0.702. The Morgan fingerprint density at radius 2 is 1.48 bits per heavy atom. The van der Waals surface area contributed by atoms with Crippen molar-refractivity contribution >= 4 is 51.6 Å². The molecule has 136 valence electrons. The van der Waals surface area contributed by atoms with Gasteiger partial charge in [0.1, 0.15) is 0 Å². The van der Waals surface area contributed by atoms with Gasteiger partial charge >= 0.3 is 156 Å². The predicted octanol–water partition coefficient (Wildman–Crippen LogP) is 4.55. The van der Waals surface area contributed by atoms with Crippen molar-refractivity contribution in [2.75, 3.05) is 9.86 Å². The van der Waals surface area contributed by atoms with E-state index in [9.17, 15) is 31.1 Å². The van der Waals surface area contributed by atoms with Crippen LogP contribution in [0.5, 0.6) is 0 Å². The SMILES string of the molecule is CC(C)C[CH]([Tl])C(C)(C(=O)OC(C(F)(F)F)C(F)(F)F)I(C)C. The van der Waals surface area contributed by atoms with Crippen molar-refractivity contribution in [1.82, 2.24) is 0 Å². The van der Waals surface area contributed by atoms with Crippen molar-refractivity contribution < 1.29 is 35.9 Å². The molecule has 0 aliphatic carbocycles. The topological polar surface area (TPSA) is 26.3 Å². The van der Waals surface area contributed by atoms with Gasteiger partial charge in [-0.05, 0) is 0 Å². The summed E-state index contributed by atoms with van der Waals surface area (Å²) in [6.07, 6.45) is -14.8. The van der Waals surface area contributed by atoms with E-state index in [2.05, 4.69) is 4.74 Å². The summed E-state index contributed by atoms with van der Waals surface area (Å²) < 4.78 is 78.2. The molecule has 0 aliphatic heterocycles. The van der Waals surface area contributed by atoms with Crippen molar-refractivity contribution in [1.29, 1.82) is 0 Å². The minimum absolute atomic E-state index is 0.197. The van der Waals surface area contributed by atoms with Crippen LogP contribution in [0.4, 0.5) is 26.3 Å². The van der Waals surface area contributed by atoms with Gasteiger partial charge in [-0.2, -0.15) is 0 Å². The molecule has 0 spiro atoms. The van der Waals surface area contributed by atoms with Crippen molar-refractivity contribution in [3.05, 3.63) is 0 Å². The summed E-state index contributed by atoms with van der Waals surface area (Å²) in [6.45, 7) is 5.27. The molecule has 0 amide bonds. The Kier molecular flexibility index (Phi) is 8.64. The molecule has 0 saturated carbocycles. The van der Waals surface area contributed by atoms with Gasteiger partial charge in [-0.25, -0.2) is 0 Å². The summed E-state index contributed by atoms with van der Waals surface area (Å²) in [4.78, 5) is 15.8. The van der Waals surface area contributed by atoms with Crippen LogP contribution in [0.3, 0.4) is 0 Å². The predicted molar refractivity (Wildman–Crippen MR) is 85.2 cm³/mol. The van der Waals surface area contributed by atoms with Crippen molar-refractivity contribution in [3.8, 4) is 0 Å². The van der Waals surface area contributed by atoms with Gasteiger partial charge in [0.2, 0.25) is 0 Å². The van der Waals surface area contributed by atoms with E-state index >= 15 is 0 Å². The summed E-state index contributed by atoms with van der Waals surface area (Å²) in [5.74, 6) is -1.16. The average molecular weight is 654 g/mol. The monoisotopic (exact) mass is 654 g/mol. The maximum absolute atomic E-state index is 12.6. The summed E-state index contributed by atoms with van der Waals surface area (Å²) in [7, 11) is 0. The number of esters is 1. The van der Waals surface area contributed by atoms with Crippen LogP contribution in [0.2, 0.25) is 3.48 Å². The molecule has 0 radical (unpaired) electrons. The fraction of sp³-hybridized carbons (Fsp3) is 0.923. The van der Waals surface area contributed by atoms with Crippen LogP contribution >= 0.6 is 19.8 Å². The Bertz CT molecular complexity index is 396. The van der Waals surface area contributed by atoms with Crippen LogP contribution in [0, 0.1) is 5.92 Å². The summed E-state index contributed by atoms with van der Waals surface area (Å²) in [6, 6.07) is 0. The fourth-order valence-corrected chi connectivity index (χ4v) is 13.9. The normalized spacial score (nSPS) is 17.8. The zero-order valence-electron chi connectivity index (χ0n) is 13.5. The van der Waals surface area contributed by atoms with Gasteiger partial charge in [0.25, 0.3) is 0 Å². The molecular weight excluding hydrogens is 633 g/mol. The second kappa shape index (κ2) is 8.39. The van der Waals surface area contributed by atoms with Crippen LogP contribution in [0.15, 0.2) is 0 Å². The van der Waals surface area contributed by atoms with Crippen molar-refractivity contribution in [2.45, 2.75) is 52.5 Å². The summed E-state index contributed by atoms with van der Waals surface area (Å²) in [5, 5.41) is 0. The average Bonchev–Trinajstić information content (AvgIpc) is 2.30. The molecule has 0 N–H and O–H groups in total. The van der Waals surface area contributed by atoms with Crippen LogP contribution in [0.25, 0.3) is 0 Å². The Morgan fingerprint density at radius 1 is 1.09 bits per heavy atom. The zero-order valence-corrected chi connectivity index (χ0v) is 20.1. The van der Waals surface area contributed by atoms with E-state index < -0.39 is 47.7 Å². The molecule has 0 rings (SSSR count). The van der Waals surface area contributed by atoms with Crippen LogP contribution in [-0.2, 0) is 9.53 Å². The van der Waals surface area contributed by atoms with E-state index in [1.54, 1.807) is 9.86 Å². The quantitative estimate of drug-likeness (QED) is 0.138. The molecule has 2 unspecified atom stereocenters. The van der Waals surface area contributed by atoms with E-state index in [0.29, 0.717) is 6.42 Å². The van der Waals surface area contributed by atoms with Crippen LogP contribution in [-0.4, -0.2) is 63.5 Å². The molecule has 23 heavy (non-hydrogen) atoms. The molecule has 0 aromatic carbocycles. The van der Waals surface area contributed by atoms with Gasteiger partial charge in [0.05, 0.1) is 0 Å². The number of carbonyl (C=O) groups excluding carboxylic acids is 1. The maximum atomic E-state index is 12.6. The number of alkyl halides is 9. The minimum atomic E-state index is -5.67. The molecule has 0 saturated heterocycles. The standard InChI is InChI=1S/C13H20F6IO2.Tl/c1-8(2)6-7-11(3,20(4)5)10(21)22-9(12(14,15)16)13(17,18)19;/h7-9H,6H2,1-5H3;. The molecule has 10 heteroatoms. The van der Waals surface area contributed by atoms with E-state index in [0.717, 1.165) is 0 Å². The van der Waals surface area contributed by atoms with E-state index in [4.69, 9.17) is 0 Å². The van der Waals surface area contributed by atoms with Gasteiger partial charge < -0.3 is 0 Å². The number of ether oxygens (including phenoxy) is 1. The summed E-state index contributed by atoms with van der Waals surface area (Å²) >= 11 is -1.84. The van der Waals surface area contributed by atoms with E-state index in [-0.39, 0.29) is 35.2 Å². The van der Waals surface area contributed by atoms with Crippen molar-refractivity contribution in [3.63, 3.8) is 0 Å². The van der Waals surface area contributed by atoms with Gasteiger partial charge in [-0.15, -0.1) is 0 Å². The third kappa shape index (κ3) is 6.50. The second-order valence-corrected chi connectivity index (χ2v) is 15.6. The first kappa shape index (κ1) is 23.7. The van der Waals surface area contributed by atoms with Crippen molar-refractivity contribution in [2.24, 2.45) is 5.92 Å². The number of carbonyl (C=O) groups is 1. The van der Waals surface area contributed by atoms with Gasteiger partial charge in [0, 0.05) is 0 Å². The Morgan fingerprint density at radius 3 is 1.74 bits per heavy atom. The molecule has 2 nitrogen and oxygen atoms in total. The molecule has 2 atom stereocenters.